The summed E-state index contributed by atoms with van der Waals surface area (Å²) in [4.78, 5) is 4.08. The first-order valence-corrected chi connectivity index (χ1v) is 5.93. The number of pyridine rings is 1. The third kappa shape index (κ3) is 2.86. The largest absolute Gasteiger partial charge is 0.397 e. The lowest BCUT2D eigenvalue weighted by molar-refractivity contribution is 0.486. The molecule has 0 bridgehead atoms. The molecule has 0 unspecified atom stereocenters. The van der Waals surface area contributed by atoms with E-state index in [0.29, 0.717) is 27.9 Å². The van der Waals surface area contributed by atoms with Crippen LogP contribution in [-0.2, 0) is 0 Å². The second kappa shape index (κ2) is 5.58. The minimum atomic E-state index is -0.383. The third-order valence-electron chi connectivity index (χ3n) is 2.71. The summed E-state index contributed by atoms with van der Waals surface area (Å²) in [5.41, 5.74) is 6.82. The number of anilines is 1. The number of hydrazine groups is 1. The molecule has 0 aliphatic carbocycles. The highest BCUT2D eigenvalue weighted by Crippen LogP contribution is 2.24. The number of nitrogens with one attached hydrogen (secondary N) is 1. The van der Waals surface area contributed by atoms with Crippen molar-refractivity contribution in [2.24, 2.45) is 11.6 Å². The van der Waals surface area contributed by atoms with Crippen molar-refractivity contribution in [3.63, 3.8) is 0 Å². The van der Waals surface area contributed by atoms with Gasteiger partial charge in [-0.1, -0.05) is 6.58 Å². The molecule has 1 aromatic heterocycles. The molecular formula is C14H16FN5. The van der Waals surface area contributed by atoms with Crippen LogP contribution in [0.1, 0.15) is 5.56 Å². The van der Waals surface area contributed by atoms with Crippen LogP contribution >= 0.6 is 0 Å². The number of hydrogen-bond acceptors (Lipinski definition) is 5. The molecule has 0 atom stereocenters. The number of nitrogens with zero attached hydrogens (tertiary/aromatic N) is 2. The number of fused-ring (bicyclic) bond motifs is 1. The second-order valence-corrected chi connectivity index (χ2v) is 4.35. The first kappa shape index (κ1) is 13.8. The minimum Gasteiger partial charge on any atom is -0.397 e. The molecule has 104 valence electrons. The third-order valence-corrected chi connectivity index (χ3v) is 2.71. The van der Waals surface area contributed by atoms with Crippen LogP contribution in [0.4, 0.5) is 10.2 Å². The molecule has 20 heavy (non-hydrogen) atoms. The summed E-state index contributed by atoms with van der Waals surface area (Å²) in [6.07, 6.45) is 4.49. The van der Waals surface area contributed by atoms with Gasteiger partial charge in [-0.15, -0.1) is 0 Å². The molecule has 1 aromatic carbocycles. The normalized spacial score (nSPS) is 11.4. The number of benzene rings is 1. The van der Waals surface area contributed by atoms with Crippen molar-refractivity contribution < 1.29 is 4.39 Å². The van der Waals surface area contributed by atoms with E-state index in [1.165, 1.54) is 29.7 Å². The Morgan fingerprint density at radius 3 is 2.85 bits per heavy atom. The summed E-state index contributed by atoms with van der Waals surface area (Å²) in [7, 11) is 1.64. The standard InChI is InChI=1S/C14H16FN5/c1-3-18-14-6-9-4-10(13(16)8-20(2)17)5-12(15)11(9)7-19-14/h3-8H,1,16-17H2,2H3,(H,18,19)/b13-8-. The zero-order chi connectivity index (χ0) is 14.7. The number of halogens is 1. The van der Waals surface area contributed by atoms with Gasteiger partial charge < -0.3 is 16.1 Å². The van der Waals surface area contributed by atoms with Gasteiger partial charge in [0, 0.05) is 30.4 Å². The highest BCUT2D eigenvalue weighted by Gasteiger charge is 2.07. The maximum absolute atomic E-state index is 14.1. The predicted octanol–water partition coefficient (Wildman–Crippen LogP) is 1.99. The molecular weight excluding hydrogens is 257 g/mol. The highest BCUT2D eigenvalue weighted by molar-refractivity contribution is 5.87. The van der Waals surface area contributed by atoms with Crippen LogP contribution in [0.2, 0.25) is 0 Å². The van der Waals surface area contributed by atoms with Crippen LogP contribution < -0.4 is 16.9 Å². The Bertz CT molecular complexity index is 679. The fraction of sp³-hybridized carbons (Fsp3) is 0.0714. The van der Waals surface area contributed by atoms with Crippen LogP contribution in [0.3, 0.4) is 0 Å². The molecule has 0 aliphatic heterocycles. The molecule has 0 radical (unpaired) electrons. The zero-order valence-electron chi connectivity index (χ0n) is 11.1. The predicted molar refractivity (Wildman–Crippen MR) is 79.6 cm³/mol. The van der Waals surface area contributed by atoms with Crippen LogP contribution in [-0.4, -0.2) is 17.0 Å². The van der Waals surface area contributed by atoms with E-state index in [2.05, 4.69) is 16.9 Å². The van der Waals surface area contributed by atoms with Crippen LogP contribution in [0.5, 0.6) is 0 Å². The molecule has 1 heterocycles. The summed E-state index contributed by atoms with van der Waals surface area (Å²) in [5.74, 6) is 5.70. The van der Waals surface area contributed by atoms with Gasteiger partial charge in [-0.25, -0.2) is 15.2 Å². The average Bonchev–Trinajstić information content (AvgIpc) is 2.37. The molecule has 2 aromatic rings. The van der Waals surface area contributed by atoms with Gasteiger partial charge in [0.2, 0.25) is 0 Å². The molecule has 0 aliphatic rings. The summed E-state index contributed by atoms with van der Waals surface area (Å²) in [5, 5.41) is 5.29. The topological polar surface area (TPSA) is 80.2 Å². The summed E-state index contributed by atoms with van der Waals surface area (Å²) in [6, 6.07) is 4.87. The van der Waals surface area contributed by atoms with Crippen molar-refractivity contribution >= 4 is 22.3 Å². The second-order valence-electron chi connectivity index (χ2n) is 4.35. The zero-order valence-corrected chi connectivity index (χ0v) is 11.1. The quantitative estimate of drug-likeness (QED) is 0.586. The fourth-order valence-corrected chi connectivity index (χ4v) is 1.86. The SMILES string of the molecule is C=CNc1cc2cc(/C(N)=C/N(C)N)cc(F)c2cn1. The smallest absolute Gasteiger partial charge is 0.133 e. The Balaban J connectivity index is 2.56. The van der Waals surface area contributed by atoms with E-state index in [1.54, 1.807) is 19.2 Å². The minimum absolute atomic E-state index is 0.380. The summed E-state index contributed by atoms with van der Waals surface area (Å²) < 4.78 is 14.1. The van der Waals surface area contributed by atoms with Gasteiger partial charge in [-0.2, -0.15) is 0 Å². The lowest BCUT2D eigenvalue weighted by atomic mass is 10.1. The van der Waals surface area contributed by atoms with E-state index >= 15 is 0 Å². The van der Waals surface area contributed by atoms with Gasteiger partial charge in [0.05, 0.1) is 5.70 Å². The fourth-order valence-electron chi connectivity index (χ4n) is 1.86. The van der Waals surface area contributed by atoms with Crippen molar-refractivity contribution in [2.45, 2.75) is 0 Å². The van der Waals surface area contributed by atoms with Crippen LogP contribution in [0.15, 0.2) is 43.4 Å². The Kier molecular flexibility index (Phi) is 3.86. The number of hydrogen-bond donors (Lipinski definition) is 3. The van der Waals surface area contributed by atoms with Crippen molar-refractivity contribution in [3.8, 4) is 0 Å². The summed E-state index contributed by atoms with van der Waals surface area (Å²) in [6.45, 7) is 3.56. The molecule has 2 rings (SSSR count). The lowest BCUT2D eigenvalue weighted by Crippen LogP contribution is -2.20. The van der Waals surface area contributed by atoms with Gasteiger partial charge >= 0.3 is 0 Å². The van der Waals surface area contributed by atoms with Crippen molar-refractivity contribution in [1.29, 1.82) is 0 Å². The molecule has 0 saturated heterocycles. The van der Waals surface area contributed by atoms with E-state index < -0.39 is 0 Å². The van der Waals surface area contributed by atoms with E-state index in [0.717, 1.165) is 0 Å². The number of aromatic nitrogens is 1. The maximum Gasteiger partial charge on any atom is 0.133 e. The van der Waals surface area contributed by atoms with E-state index in [1.807, 2.05) is 0 Å². The van der Waals surface area contributed by atoms with Crippen molar-refractivity contribution in [2.75, 3.05) is 12.4 Å². The van der Waals surface area contributed by atoms with Gasteiger partial charge in [0.1, 0.15) is 11.6 Å². The van der Waals surface area contributed by atoms with Gasteiger partial charge in [0.15, 0.2) is 0 Å². The number of nitrogens with two attached hydrogens (primary N) is 2. The molecule has 6 heteroatoms. The van der Waals surface area contributed by atoms with E-state index in [4.69, 9.17) is 11.6 Å². The molecule has 0 saturated carbocycles. The molecule has 0 amide bonds. The van der Waals surface area contributed by atoms with Crippen molar-refractivity contribution in [1.82, 2.24) is 9.99 Å². The van der Waals surface area contributed by atoms with Crippen LogP contribution in [0, 0.1) is 5.82 Å². The molecule has 0 spiro atoms. The first-order valence-electron chi connectivity index (χ1n) is 5.93. The lowest BCUT2D eigenvalue weighted by Gasteiger charge is -2.10. The molecule has 0 fully saturated rings. The van der Waals surface area contributed by atoms with Gasteiger partial charge in [-0.3, -0.25) is 0 Å². The van der Waals surface area contributed by atoms with Crippen molar-refractivity contribution in [3.05, 3.63) is 54.8 Å². The maximum atomic E-state index is 14.1. The monoisotopic (exact) mass is 273 g/mol. The Morgan fingerprint density at radius 2 is 2.20 bits per heavy atom. The van der Waals surface area contributed by atoms with E-state index in [9.17, 15) is 4.39 Å². The van der Waals surface area contributed by atoms with Crippen LogP contribution in [0.25, 0.3) is 16.5 Å². The highest BCUT2D eigenvalue weighted by atomic mass is 19.1. The van der Waals surface area contributed by atoms with E-state index in [-0.39, 0.29) is 5.82 Å². The average molecular weight is 273 g/mol. The summed E-state index contributed by atoms with van der Waals surface area (Å²) >= 11 is 0. The van der Waals surface area contributed by atoms with Gasteiger partial charge in [-0.05, 0) is 29.8 Å². The Hall–Kier alpha value is -2.60. The Labute approximate surface area is 116 Å². The van der Waals surface area contributed by atoms with Gasteiger partial charge in [0.25, 0.3) is 0 Å². The molecule has 5 N–H and O–H groups in total. The number of rotatable bonds is 4. The Morgan fingerprint density at radius 1 is 1.45 bits per heavy atom. The molecule has 5 nitrogen and oxygen atoms in total. The first-order chi connectivity index (χ1) is 9.51.